The molecule has 5 heteroatoms. The Morgan fingerprint density at radius 1 is 1.50 bits per heavy atom. The molecule has 68 valence electrons. The third-order valence-electron chi connectivity index (χ3n) is 1.01. The summed E-state index contributed by atoms with van der Waals surface area (Å²) in [6, 6.07) is 0. The van der Waals surface area contributed by atoms with Crippen LogP contribution >= 0.6 is 12.2 Å². The zero-order valence-electron chi connectivity index (χ0n) is 7.30. The second kappa shape index (κ2) is 5.54. The fourth-order valence-electron chi connectivity index (χ4n) is 0.549. The SMILES string of the molecule is CC.COc1c[nH]c(=S)[nH]c1=O. The minimum absolute atomic E-state index is 0.230. The normalized spacial score (nSPS) is 8.25. The molecular formula is C7H12N2O2S. The Balaban J connectivity index is 0.000000561. The molecule has 0 unspecified atom stereocenters. The second-order valence-corrected chi connectivity index (χ2v) is 2.05. The molecule has 2 N–H and O–H groups in total. The van der Waals surface area contributed by atoms with Crippen molar-refractivity contribution < 1.29 is 4.74 Å². The molecule has 0 amide bonds. The van der Waals surface area contributed by atoms with Gasteiger partial charge in [-0.2, -0.15) is 0 Å². The minimum Gasteiger partial charge on any atom is -0.490 e. The average Bonchev–Trinajstić information content (AvgIpc) is 2.08. The average molecular weight is 188 g/mol. The van der Waals surface area contributed by atoms with Gasteiger partial charge < -0.3 is 9.72 Å². The lowest BCUT2D eigenvalue weighted by Crippen LogP contribution is -2.09. The Labute approximate surface area is 75.6 Å². The minimum atomic E-state index is -0.314. The van der Waals surface area contributed by atoms with E-state index >= 15 is 0 Å². The lowest BCUT2D eigenvalue weighted by Gasteiger charge is -1.94. The van der Waals surface area contributed by atoms with Crippen LogP contribution in [0.2, 0.25) is 0 Å². The highest BCUT2D eigenvalue weighted by atomic mass is 32.1. The van der Waals surface area contributed by atoms with Crippen molar-refractivity contribution in [2.45, 2.75) is 13.8 Å². The first kappa shape index (κ1) is 10.9. The number of aromatic nitrogens is 2. The van der Waals surface area contributed by atoms with Crippen LogP contribution < -0.4 is 10.3 Å². The molecule has 0 aliphatic heterocycles. The summed E-state index contributed by atoms with van der Waals surface area (Å²) >= 11 is 4.64. The summed E-state index contributed by atoms with van der Waals surface area (Å²) in [6.45, 7) is 4.00. The zero-order chi connectivity index (χ0) is 9.56. The van der Waals surface area contributed by atoms with Gasteiger partial charge in [0.05, 0.1) is 13.3 Å². The van der Waals surface area contributed by atoms with E-state index in [1.54, 1.807) is 0 Å². The number of rotatable bonds is 1. The summed E-state index contributed by atoms with van der Waals surface area (Å²) in [5.41, 5.74) is -0.314. The summed E-state index contributed by atoms with van der Waals surface area (Å²) in [4.78, 5) is 15.8. The van der Waals surface area contributed by atoms with Gasteiger partial charge in [0.2, 0.25) is 0 Å². The maximum absolute atomic E-state index is 10.8. The monoisotopic (exact) mass is 188 g/mol. The van der Waals surface area contributed by atoms with Crippen molar-refractivity contribution in [2.24, 2.45) is 0 Å². The lowest BCUT2D eigenvalue weighted by molar-refractivity contribution is 0.405. The third kappa shape index (κ3) is 2.87. The maximum Gasteiger partial charge on any atom is 0.294 e. The molecule has 0 aliphatic rings. The largest absolute Gasteiger partial charge is 0.490 e. The molecule has 0 saturated carbocycles. The van der Waals surface area contributed by atoms with Crippen molar-refractivity contribution >= 4 is 12.2 Å². The van der Waals surface area contributed by atoms with Crippen LogP contribution in [0.1, 0.15) is 13.8 Å². The summed E-state index contributed by atoms with van der Waals surface area (Å²) in [7, 11) is 1.42. The molecule has 0 aliphatic carbocycles. The van der Waals surface area contributed by atoms with E-state index in [4.69, 9.17) is 0 Å². The molecule has 0 saturated heterocycles. The molecular weight excluding hydrogens is 176 g/mol. The Kier molecular flexibility index (Phi) is 5.03. The molecule has 0 bridgehead atoms. The van der Waals surface area contributed by atoms with Gasteiger partial charge in [0.1, 0.15) is 0 Å². The fourth-order valence-corrected chi connectivity index (χ4v) is 0.701. The van der Waals surface area contributed by atoms with E-state index in [1.807, 2.05) is 13.8 Å². The first-order chi connectivity index (χ1) is 5.74. The predicted octanol–water partition coefficient (Wildman–Crippen LogP) is 1.47. The van der Waals surface area contributed by atoms with E-state index in [2.05, 4.69) is 26.9 Å². The van der Waals surface area contributed by atoms with Crippen molar-refractivity contribution in [3.05, 3.63) is 21.3 Å². The maximum atomic E-state index is 10.8. The van der Waals surface area contributed by atoms with E-state index in [0.29, 0.717) is 4.77 Å². The highest BCUT2D eigenvalue weighted by Gasteiger charge is 1.94. The van der Waals surface area contributed by atoms with Gasteiger partial charge in [0.25, 0.3) is 5.56 Å². The molecule has 0 fully saturated rings. The van der Waals surface area contributed by atoms with E-state index < -0.39 is 0 Å². The highest BCUT2D eigenvalue weighted by molar-refractivity contribution is 7.71. The van der Waals surface area contributed by atoms with E-state index in [1.165, 1.54) is 13.3 Å². The first-order valence-electron chi connectivity index (χ1n) is 3.60. The molecule has 1 heterocycles. The molecule has 0 spiro atoms. The van der Waals surface area contributed by atoms with Gasteiger partial charge in [-0.25, -0.2) is 0 Å². The van der Waals surface area contributed by atoms with E-state index in [9.17, 15) is 4.79 Å². The van der Waals surface area contributed by atoms with Crippen LogP contribution in [-0.2, 0) is 0 Å². The molecule has 1 rings (SSSR count). The van der Waals surface area contributed by atoms with Gasteiger partial charge in [0.15, 0.2) is 10.5 Å². The molecule has 0 radical (unpaired) electrons. The van der Waals surface area contributed by atoms with E-state index in [0.717, 1.165) is 0 Å². The Morgan fingerprint density at radius 2 is 2.08 bits per heavy atom. The molecule has 1 aromatic heterocycles. The van der Waals surface area contributed by atoms with Crippen molar-refractivity contribution in [3.63, 3.8) is 0 Å². The standard InChI is InChI=1S/C5H6N2O2S.C2H6/c1-9-3-2-6-5(10)7-4(3)8;1-2/h2H,1H3,(H2,6,7,8,10);1-2H3. The van der Waals surface area contributed by atoms with Gasteiger partial charge in [-0.05, 0) is 12.2 Å². The molecule has 1 aromatic rings. The van der Waals surface area contributed by atoms with Gasteiger partial charge in [-0.1, -0.05) is 13.8 Å². The van der Waals surface area contributed by atoms with Crippen molar-refractivity contribution in [2.75, 3.05) is 7.11 Å². The number of hydrogen-bond donors (Lipinski definition) is 2. The number of nitrogens with one attached hydrogen (secondary N) is 2. The quantitative estimate of drug-likeness (QED) is 0.656. The predicted molar refractivity (Wildman–Crippen MR) is 50.1 cm³/mol. The third-order valence-corrected chi connectivity index (χ3v) is 1.23. The van der Waals surface area contributed by atoms with Crippen LogP contribution in [0, 0.1) is 4.77 Å². The van der Waals surface area contributed by atoms with Crippen molar-refractivity contribution in [1.29, 1.82) is 0 Å². The van der Waals surface area contributed by atoms with Gasteiger partial charge >= 0.3 is 0 Å². The Morgan fingerprint density at radius 3 is 2.50 bits per heavy atom. The molecule has 4 nitrogen and oxygen atoms in total. The van der Waals surface area contributed by atoms with Crippen LogP contribution in [0.15, 0.2) is 11.0 Å². The van der Waals surface area contributed by atoms with Gasteiger partial charge in [-0.15, -0.1) is 0 Å². The number of ether oxygens (including phenoxy) is 1. The van der Waals surface area contributed by atoms with Crippen LogP contribution in [0.25, 0.3) is 0 Å². The van der Waals surface area contributed by atoms with Crippen LogP contribution in [0.5, 0.6) is 5.75 Å². The summed E-state index contributed by atoms with van der Waals surface area (Å²) in [5, 5.41) is 0. The smallest absolute Gasteiger partial charge is 0.294 e. The first-order valence-corrected chi connectivity index (χ1v) is 4.01. The Hall–Kier alpha value is -1.10. The summed E-state index contributed by atoms with van der Waals surface area (Å²) in [5.74, 6) is 0.230. The number of aromatic amines is 2. The fraction of sp³-hybridized carbons (Fsp3) is 0.429. The van der Waals surface area contributed by atoms with Crippen LogP contribution in [0.4, 0.5) is 0 Å². The topological polar surface area (TPSA) is 57.9 Å². The molecule has 12 heavy (non-hydrogen) atoms. The highest BCUT2D eigenvalue weighted by Crippen LogP contribution is 1.94. The van der Waals surface area contributed by atoms with Gasteiger partial charge in [0, 0.05) is 0 Å². The number of methoxy groups -OCH3 is 1. The van der Waals surface area contributed by atoms with Crippen LogP contribution in [-0.4, -0.2) is 17.1 Å². The molecule has 0 aromatic carbocycles. The zero-order valence-corrected chi connectivity index (χ0v) is 8.12. The lowest BCUT2D eigenvalue weighted by atomic mass is 10.6. The van der Waals surface area contributed by atoms with Gasteiger partial charge in [-0.3, -0.25) is 9.78 Å². The summed E-state index contributed by atoms with van der Waals surface area (Å²) < 4.78 is 4.98. The number of hydrogen-bond acceptors (Lipinski definition) is 3. The molecule has 0 atom stereocenters. The van der Waals surface area contributed by atoms with Crippen molar-refractivity contribution in [3.8, 4) is 5.75 Å². The van der Waals surface area contributed by atoms with Crippen molar-refractivity contribution in [1.82, 2.24) is 9.97 Å². The number of H-pyrrole nitrogens is 2. The summed E-state index contributed by atoms with van der Waals surface area (Å²) in [6.07, 6.45) is 1.42. The second-order valence-electron chi connectivity index (χ2n) is 1.64. The van der Waals surface area contributed by atoms with E-state index in [-0.39, 0.29) is 11.3 Å². The van der Waals surface area contributed by atoms with Crippen LogP contribution in [0.3, 0.4) is 0 Å². The Bertz CT molecular complexity index is 329.